The second kappa shape index (κ2) is 8.01. The number of allylic oxidation sites excluding steroid dienone is 1. The van der Waals surface area contributed by atoms with Crippen molar-refractivity contribution in [3.05, 3.63) is 74.8 Å². The maximum atomic E-state index is 13.8. The third kappa shape index (κ3) is 3.74. The highest BCUT2D eigenvalue weighted by Crippen LogP contribution is 2.45. The van der Waals surface area contributed by atoms with Crippen LogP contribution >= 0.6 is 0 Å². The Morgan fingerprint density at radius 3 is 2.50 bits per heavy atom. The fourth-order valence-electron chi connectivity index (χ4n) is 3.79. The number of benzene rings is 1. The number of esters is 1. The van der Waals surface area contributed by atoms with E-state index in [2.05, 4.69) is 5.32 Å². The fourth-order valence-corrected chi connectivity index (χ4v) is 3.79. The molecule has 1 aliphatic heterocycles. The number of alkyl halides is 3. The Morgan fingerprint density at radius 1 is 1.23 bits per heavy atom. The molecule has 0 bridgehead atoms. The van der Waals surface area contributed by atoms with Gasteiger partial charge in [-0.05, 0) is 45.4 Å². The van der Waals surface area contributed by atoms with Crippen LogP contribution in [-0.2, 0) is 15.7 Å². The van der Waals surface area contributed by atoms with Gasteiger partial charge in [0.25, 0.3) is 5.56 Å². The standard InChI is InChI=1S/C22H23F3N2O3/c1-5-30-21(29)17-13(4)26-16-10-11-27(12(2)3)20(28)19(16)18(17)14-8-6-7-9-15(14)22(23,24)25/h6-12,18,26H,5H2,1-4H3. The minimum absolute atomic E-state index is 0.000318. The number of rotatable bonds is 4. The van der Waals surface area contributed by atoms with Crippen molar-refractivity contribution < 1.29 is 22.7 Å². The van der Waals surface area contributed by atoms with E-state index in [1.54, 1.807) is 40.0 Å². The highest BCUT2D eigenvalue weighted by Gasteiger charge is 2.41. The van der Waals surface area contributed by atoms with E-state index in [0.29, 0.717) is 11.4 Å². The van der Waals surface area contributed by atoms with E-state index in [4.69, 9.17) is 4.74 Å². The summed E-state index contributed by atoms with van der Waals surface area (Å²) in [6.45, 7) is 6.86. The molecule has 0 saturated carbocycles. The maximum Gasteiger partial charge on any atom is 0.416 e. The zero-order valence-electron chi connectivity index (χ0n) is 17.1. The van der Waals surface area contributed by atoms with Crippen molar-refractivity contribution in [3.63, 3.8) is 0 Å². The van der Waals surface area contributed by atoms with Crippen molar-refractivity contribution in [1.82, 2.24) is 4.57 Å². The molecule has 1 aliphatic rings. The summed E-state index contributed by atoms with van der Waals surface area (Å²) in [6, 6.07) is 6.45. The number of pyridine rings is 1. The van der Waals surface area contributed by atoms with Gasteiger partial charge in [-0.2, -0.15) is 13.2 Å². The molecule has 0 spiro atoms. The van der Waals surface area contributed by atoms with Gasteiger partial charge in [-0.15, -0.1) is 0 Å². The van der Waals surface area contributed by atoms with Gasteiger partial charge in [-0.1, -0.05) is 18.2 Å². The number of fused-ring (bicyclic) bond motifs is 1. The Bertz CT molecular complexity index is 1070. The van der Waals surface area contributed by atoms with Gasteiger partial charge >= 0.3 is 12.1 Å². The van der Waals surface area contributed by atoms with Gasteiger partial charge in [-0.25, -0.2) is 4.79 Å². The van der Waals surface area contributed by atoms with Gasteiger partial charge < -0.3 is 14.6 Å². The molecule has 2 aromatic rings. The molecule has 0 amide bonds. The molecule has 0 aliphatic carbocycles. The molecule has 3 rings (SSSR count). The molecule has 1 N–H and O–H groups in total. The molecule has 0 radical (unpaired) electrons. The minimum atomic E-state index is -4.65. The number of anilines is 1. The molecular weight excluding hydrogens is 397 g/mol. The van der Waals surface area contributed by atoms with E-state index < -0.39 is 29.2 Å². The topological polar surface area (TPSA) is 60.3 Å². The average Bonchev–Trinajstić information content (AvgIpc) is 2.66. The molecule has 2 heterocycles. The van der Waals surface area contributed by atoms with Crippen LogP contribution in [0.5, 0.6) is 0 Å². The highest BCUT2D eigenvalue weighted by molar-refractivity contribution is 5.94. The third-order valence-corrected chi connectivity index (χ3v) is 5.09. The number of carbonyl (C=O) groups is 1. The summed E-state index contributed by atoms with van der Waals surface area (Å²) in [5.74, 6) is -1.97. The smallest absolute Gasteiger partial charge is 0.416 e. The Kier molecular flexibility index (Phi) is 5.78. The van der Waals surface area contributed by atoms with E-state index >= 15 is 0 Å². The average molecular weight is 420 g/mol. The first-order valence-corrected chi connectivity index (χ1v) is 9.64. The first kappa shape index (κ1) is 21.7. The summed E-state index contributed by atoms with van der Waals surface area (Å²) in [7, 11) is 0. The van der Waals surface area contributed by atoms with Gasteiger partial charge in [0, 0.05) is 23.6 Å². The summed E-state index contributed by atoms with van der Waals surface area (Å²) < 4.78 is 48.1. The lowest BCUT2D eigenvalue weighted by Gasteiger charge is -2.31. The molecule has 5 nitrogen and oxygen atoms in total. The molecule has 1 aromatic carbocycles. The number of carbonyl (C=O) groups excluding carboxylic acids is 1. The van der Waals surface area contributed by atoms with E-state index in [1.165, 1.54) is 22.8 Å². The normalized spacial score (nSPS) is 16.3. The Balaban J connectivity index is 2.39. The SMILES string of the molecule is CCOC(=O)C1=C(C)Nc2ccn(C(C)C)c(=O)c2C1c1ccccc1C(F)(F)F. The molecule has 0 saturated heterocycles. The van der Waals surface area contributed by atoms with Crippen molar-refractivity contribution in [1.29, 1.82) is 0 Å². The van der Waals surface area contributed by atoms with Crippen LogP contribution in [0, 0.1) is 0 Å². The second-order valence-electron chi connectivity index (χ2n) is 7.35. The quantitative estimate of drug-likeness (QED) is 0.719. The summed E-state index contributed by atoms with van der Waals surface area (Å²) >= 11 is 0. The fraction of sp³-hybridized carbons (Fsp3) is 0.364. The molecular formula is C22H23F3N2O3. The largest absolute Gasteiger partial charge is 0.463 e. The van der Waals surface area contributed by atoms with Crippen molar-refractivity contribution >= 4 is 11.7 Å². The van der Waals surface area contributed by atoms with Crippen LogP contribution in [0.15, 0.2) is 52.6 Å². The number of halogens is 3. The van der Waals surface area contributed by atoms with Crippen LogP contribution < -0.4 is 10.9 Å². The highest BCUT2D eigenvalue weighted by atomic mass is 19.4. The van der Waals surface area contributed by atoms with Crippen LogP contribution in [0.2, 0.25) is 0 Å². The first-order chi connectivity index (χ1) is 14.1. The molecule has 1 atom stereocenters. The number of nitrogens with zero attached hydrogens (tertiary/aromatic N) is 1. The van der Waals surface area contributed by atoms with Crippen molar-refractivity contribution in [2.75, 3.05) is 11.9 Å². The lowest BCUT2D eigenvalue weighted by atomic mass is 9.79. The molecule has 0 fully saturated rings. The summed E-state index contributed by atoms with van der Waals surface area (Å²) in [5, 5.41) is 3.00. The van der Waals surface area contributed by atoms with Crippen molar-refractivity contribution in [3.8, 4) is 0 Å². The van der Waals surface area contributed by atoms with Gasteiger partial charge in [0.2, 0.25) is 0 Å². The van der Waals surface area contributed by atoms with Gasteiger partial charge in [0.05, 0.1) is 29.2 Å². The van der Waals surface area contributed by atoms with Crippen LogP contribution in [0.3, 0.4) is 0 Å². The predicted octanol–water partition coefficient (Wildman–Crippen LogP) is 4.84. The van der Waals surface area contributed by atoms with Gasteiger partial charge in [0.15, 0.2) is 0 Å². The summed E-state index contributed by atoms with van der Waals surface area (Å²) in [6.07, 6.45) is -3.06. The van der Waals surface area contributed by atoms with E-state index in [-0.39, 0.29) is 29.3 Å². The monoisotopic (exact) mass is 420 g/mol. The number of aromatic nitrogens is 1. The lowest BCUT2D eigenvalue weighted by molar-refractivity contribution is -0.140. The molecule has 30 heavy (non-hydrogen) atoms. The zero-order valence-corrected chi connectivity index (χ0v) is 17.1. The van der Waals surface area contributed by atoms with Gasteiger partial charge in [-0.3, -0.25) is 4.79 Å². The first-order valence-electron chi connectivity index (χ1n) is 9.64. The summed E-state index contributed by atoms with van der Waals surface area (Å²) in [4.78, 5) is 26.1. The number of nitrogens with one attached hydrogen (secondary N) is 1. The van der Waals surface area contributed by atoms with E-state index in [9.17, 15) is 22.8 Å². The summed E-state index contributed by atoms with van der Waals surface area (Å²) in [5.41, 5.74) is -0.679. The lowest BCUT2D eigenvalue weighted by Crippen LogP contribution is -2.34. The predicted molar refractivity (Wildman–Crippen MR) is 107 cm³/mol. The van der Waals surface area contributed by atoms with E-state index in [0.717, 1.165) is 6.07 Å². The molecule has 1 aromatic heterocycles. The number of hydrogen-bond donors (Lipinski definition) is 1. The Hall–Kier alpha value is -3.03. The van der Waals surface area contributed by atoms with Crippen molar-refractivity contribution in [2.45, 2.75) is 45.8 Å². The van der Waals surface area contributed by atoms with Crippen LogP contribution in [0.4, 0.5) is 18.9 Å². The third-order valence-electron chi connectivity index (χ3n) is 5.09. The van der Waals surface area contributed by atoms with Crippen LogP contribution in [-0.4, -0.2) is 17.1 Å². The Morgan fingerprint density at radius 2 is 1.90 bits per heavy atom. The molecule has 160 valence electrons. The second-order valence-corrected chi connectivity index (χ2v) is 7.35. The zero-order chi connectivity index (χ0) is 22.2. The number of hydrogen-bond acceptors (Lipinski definition) is 4. The number of ether oxygens (including phenoxy) is 1. The maximum absolute atomic E-state index is 13.8. The molecule has 1 unspecified atom stereocenters. The van der Waals surface area contributed by atoms with Crippen LogP contribution in [0.1, 0.15) is 56.3 Å². The van der Waals surface area contributed by atoms with Crippen LogP contribution in [0.25, 0.3) is 0 Å². The van der Waals surface area contributed by atoms with E-state index in [1.807, 2.05) is 0 Å². The van der Waals surface area contributed by atoms with Crippen molar-refractivity contribution in [2.24, 2.45) is 0 Å². The Labute approximate surface area is 172 Å². The minimum Gasteiger partial charge on any atom is -0.463 e. The molecule has 8 heteroatoms. The van der Waals surface area contributed by atoms with Gasteiger partial charge in [0.1, 0.15) is 0 Å².